The molecule has 1 aliphatic heterocycles. The van der Waals surface area contributed by atoms with E-state index in [1.165, 1.54) is 47.4 Å². The second-order valence-electron chi connectivity index (χ2n) is 8.96. The minimum absolute atomic E-state index is 0.110. The maximum Gasteiger partial charge on any atom is 0.295 e. The number of amides is 1. The van der Waals surface area contributed by atoms with Crippen LogP contribution in [0, 0.1) is 11.6 Å². The van der Waals surface area contributed by atoms with Gasteiger partial charge in [0.25, 0.3) is 11.7 Å². The number of nitrogens with zero attached hydrogens (tertiary/aromatic N) is 2. The Morgan fingerprint density at radius 1 is 0.914 bits per heavy atom. The lowest BCUT2D eigenvalue weighted by Gasteiger charge is -2.27. The molecule has 3 rings (SSSR count). The van der Waals surface area contributed by atoms with Crippen LogP contribution in [-0.2, 0) is 9.59 Å². The maximum atomic E-state index is 14.1. The molecule has 1 fully saturated rings. The van der Waals surface area contributed by atoms with Gasteiger partial charge < -0.3 is 14.9 Å². The molecule has 0 aliphatic carbocycles. The van der Waals surface area contributed by atoms with E-state index in [1.807, 2.05) is 0 Å². The molecule has 5 nitrogen and oxygen atoms in total. The number of ketones is 1. The molecule has 0 radical (unpaired) electrons. The highest BCUT2D eigenvalue weighted by Gasteiger charge is 2.45. The third kappa shape index (κ3) is 6.54. The highest BCUT2D eigenvalue weighted by Crippen LogP contribution is 2.39. The summed E-state index contributed by atoms with van der Waals surface area (Å²) in [5, 5.41) is 11.0. The molecular formula is C28H34F2N2O3. The van der Waals surface area contributed by atoms with Crippen LogP contribution >= 0.6 is 0 Å². The van der Waals surface area contributed by atoms with E-state index in [4.69, 9.17) is 0 Å². The van der Waals surface area contributed by atoms with Crippen molar-refractivity contribution in [2.24, 2.45) is 0 Å². The normalized spacial score (nSPS) is 17.5. The summed E-state index contributed by atoms with van der Waals surface area (Å²) < 4.78 is 27.5. The minimum atomic E-state index is -0.921. The van der Waals surface area contributed by atoms with Crippen molar-refractivity contribution in [3.05, 3.63) is 76.9 Å². The van der Waals surface area contributed by atoms with Crippen LogP contribution in [-0.4, -0.2) is 52.8 Å². The van der Waals surface area contributed by atoms with E-state index < -0.39 is 35.1 Å². The molecule has 1 unspecified atom stereocenters. The van der Waals surface area contributed by atoms with E-state index in [0.717, 1.165) is 45.3 Å². The zero-order valence-corrected chi connectivity index (χ0v) is 20.5. The highest BCUT2D eigenvalue weighted by molar-refractivity contribution is 6.46. The van der Waals surface area contributed by atoms with Gasteiger partial charge in [-0.2, -0.15) is 0 Å². The van der Waals surface area contributed by atoms with Crippen LogP contribution in [0.4, 0.5) is 8.78 Å². The summed E-state index contributed by atoms with van der Waals surface area (Å²) in [6.45, 7) is 7.33. The van der Waals surface area contributed by atoms with Gasteiger partial charge in [0.1, 0.15) is 17.4 Å². The zero-order valence-electron chi connectivity index (χ0n) is 20.5. The van der Waals surface area contributed by atoms with E-state index >= 15 is 0 Å². The monoisotopic (exact) mass is 484 g/mol. The molecule has 1 aliphatic rings. The molecule has 2 aromatic carbocycles. The van der Waals surface area contributed by atoms with Crippen molar-refractivity contribution in [1.29, 1.82) is 0 Å². The third-order valence-electron chi connectivity index (χ3n) is 6.35. The Morgan fingerprint density at radius 3 is 2.14 bits per heavy atom. The van der Waals surface area contributed by atoms with Crippen LogP contribution in [0.25, 0.3) is 5.76 Å². The van der Waals surface area contributed by atoms with Gasteiger partial charge in [0, 0.05) is 12.1 Å². The van der Waals surface area contributed by atoms with Crippen LogP contribution in [0.1, 0.15) is 63.1 Å². The number of hydrogen-bond acceptors (Lipinski definition) is 4. The Bertz CT molecular complexity index is 1040. The topological polar surface area (TPSA) is 60.9 Å². The molecule has 0 saturated carbocycles. The number of likely N-dealkylation sites (tertiary alicyclic amines) is 1. The number of aliphatic hydroxyl groups is 1. The van der Waals surface area contributed by atoms with Crippen LogP contribution in [0.5, 0.6) is 0 Å². The van der Waals surface area contributed by atoms with Gasteiger partial charge in [0.05, 0.1) is 11.6 Å². The van der Waals surface area contributed by atoms with Crippen molar-refractivity contribution in [3.8, 4) is 0 Å². The number of aliphatic hydroxyl groups excluding tert-OH is 1. The van der Waals surface area contributed by atoms with Crippen LogP contribution in [0.2, 0.25) is 0 Å². The molecule has 0 bridgehead atoms. The number of halogens is 2. The molecule has 1 atom stereocenters. The van der Waals surface area contributed by atoms with E-state index in [9.17, 15) is 23.5 Å². The van der Waals surface area contributed by atoms with Crippen molar-refractivity contribution in [1.82, 2.24) is 9.80 Å². The first-order valence-electron chi connectivity index (χ1n) is 12.4. The Balaban J connectivity index is 1.91. The molecule has 1 amide bonds. The van der Waals surface area contributed by atoms with Gasteiger partial charge in [-0.1, -0.05) is 38.8 Å². The summed E-state index contributed by atoms with van der Waals surface area (Å²) in [5.74, 6) is -2.93. The number of rotatable bonds is 12. The predicted octanol–water partition coefficient (Wildman–Crippen LogP) is 5.68. The number of carbonyl (C=O) groups is 2. The lowest BCUT2D eigenvalue weighted by atomic mass is 9.95. The SMILES string of the molecule is CCCCN(CCCC)CCCN1C(=O)C(=O)/C(=C(\O)c2ccc(F)cc2)C1c1cccc(F)c1. The first kappa shape index (κ1) is 26.5. The number of carbonyl (C=O) groups excluding carboxylic acids is 2. The van der Waals surface area contributed by atoms with E-state index in [1.54, 1.807) is 6.07 Å². The number of benzene rings is 2. The van der Waals surface area contributed by atoms with Crippen molar-refractivity contribution >= 4 is 17.4 Å². The van der Waals surface area contributed by atoms with Crippen molar-refractivity contribution in [2.75, 3.05) is 26.2 Å². The average Bonchev–Trinajstić information content (AvgIpc) is 3.10. The van der Waals surface area contributed by atoms with E-state index in [-0.39, 0.29) is 11.1 Å². The highest BCUT2D eigenvalue weighted by atomic mass is 19.1. The lowest BCUT2D eigenvalue weighted by Crippen LogP contribution is -2.34. The molecule has 35 heavy (non-hydrogen) atoms. The number of hydrogen-bond donors (Lipinski definition) is 1. The first-order chi connectivity index (χ1) is 16.9. The molecule has 1 saturated heterocycles. The Kier molecular flexibility index (Phi) is 9.55. The second kappa shape index (κ2) is 12.6. The molecule has 188 valence electrons. The molecule has 0 spiro atoms. The fourth-order valence-electron chi connectivity index (χ4n) is 4.46. The third-order valence-corrected chi connectivity index (χ3v) is 6.35. The molecule has 7 heteroatoms. The van der Waals surface area contributed by atoms with Crippen molar-refractivity contribution in [2.45, 2.75) is 52.0 Å². The summed E-state index contributed by atoms with van der Waals surface area (Å²) >= 11 is 0. The quantitative estimate of drug-likeness (QED) is 0.239. The number of Topliss-reactive ketones (excluding diaryl/α,β-unsaturated/α-hetero) is 1. The standard InChI is InChI=1S/C28H34F2N2O3/c1-3-5-15-31(16-6-4-2)17-8-18-32-25(21-9-7-10-23(30)19-21)24(27(34)28(32)35)26(33)20-11-13-22(29)14-12-20/h7,9-14,19,25,33H,3-6,8,15-18H2,1-2H3/b26-24-. The summed E-state index contributed by atoms with van der Waals surface area (Å²) in [5.41, 5.74) is 0.513. The molecule has 2 aromatic rings. The summed E-state index contributed by atoms with van der Waals surface area (Å²) in [7, 11) is 0. The number of unbranched alkanes of at least 4 members (excludes halogenated alkanes) is 2. The van der Waals surface area contributed by atoms with Gasteiger partial charge in [-0.15, -0.1) is 0 Å². The van der Waals surface area contributed by atoms with E-state index in [0.29, 0.717) is 18.5 Å². The van der Waals surface area contributed by atoms with Crippen LogP contribution in [0.3, 0.4) is 0 Å². The first-order valence-corrected chi connectivity index (χ1v) is 12.4. The maximum absolute atomic E-state index is 14.1. The van der Waals surface area contributed by atoms with Gasteiger partial charge in [0.2, 0.25) is 0 Å². The van der Waals surface area contributed by atoms with E-state index in [2.05, 4.69) is 18.7 Å². The van der Waals surface area contributed by atoms with Gasteiger partial charge in [-0.05, 0) is 80.9 Å². The molecule has 0 aromatic heterocycles. The second-order valence-corrected chi connectivity index (χ2v) is 8.96. The molecular weight excluding hydrogens is 450 g/mol. The smallest absolute Gasteiger partial charge is 0.295 e. The average molecular weight is 485 g/mol. The van der Waals surface area contributed by atoms with Gasteiger partial charge in [0.15, 0.2) is 0 Å². The Morgan fingerprint density at radius 2 is 1.54 bits per heavy atom. The Hall–Kier alpha value is -3.06. The molecule has 1 heterocycles. The van der Waals surface area contributed by atoms with Gasteiger partial charge in [-0.3, -0.25) is 9.59 Å². The summed E-state index contributed by atoms with van der Waals surface area (Å²) in [6.07, 6.45) is 5.02. The van der Waals surface area contributed by atoms with Gasteiger partial charge in [-0.25, -0.2) is 8.78 Å². The fraction of sp³-hybridized carbons (Fsp3) is 0.429. The lowest BCUT2D eigenvalue weighted by molar-refractivity contribution is -0.140. The largest absolute Gasteiger partial charge is 0.507 e. The van der Waals surface area contributed by atoms with Crippen LogP contribution < -0.4 is 0 Å². The summed E-state index contributed by atoms with van der Waals surface area (Å²) in [6, 6.07) is 9.83. The predicted molar refractivity (Wildman–Crippen MR) is 133 cm³/mol. The molecule has 1 N–H and O–H groups in total. The summed E-state index contributed by atoms with van der Waals surface area (Å²) in [4.78, 5) is 29.9. The minimum Gasteiger partial charge on any atom is -0.507 e. The Labute approximate surface area is 206 Å². The van der Waals surface area contributed by atoms with Crippen LogP contribution in [0.15, 0.2) is 54.1 Å². The van der Waals surface area contributed by atoms with Gasteiger partial charge >= 0.3 is 0 Å². The fourth-order valence-corrected chi connectivity index (χ4v) is 4.46. The zero-order chi connectivity index (χ0) is 25.4. The van der Waals surface area contributed by atoms with Crippen molar-refractivity contribution in [3.63, 3.8) is 0 Å². The van der Waals surface area contributed by atoms with Crippen molar-refractivity contribution < 1.29 is 23.5 Å².